The SMILES string of the molecule is NC(=O)c1ccc(C(F)(F)F)n(CC(=O)c2ccc3c(c2)NC(=O)CO3)c1=O. The van der Waals surface area contributed by atoms with E-state index in [9.17, 15) is 32.3 Å². The number of anilines is 1. The van der Waals surface area contributed by atoms with Crippen molar-refractivity contribution >= 4 is 23.3 Å². The third-order valence-electron chi connectivity index (χ3n) is 3.97. The van der Waals surface area contributed by atoms with Crippen molar-refractivity contribution in [2.75, 3.05) is 11.9 Å². The fourth-order valence-electron chi connectivity index (χ4n) is 2.66. The van der Waals surface area contributed by atoms with E-state index < -0.39 is 47.1 Å². The number of hydrogen-bond donors (Lipinski definition) is 2. The minimum absolute atomic E-state index is 0.0611. The molecule has 2 heterocycles. The van der Waals surface area contributed by atoms with Gasteiger partial charge in [0.15, 0.2) is 12.4 Å². The van der Waals surface area contributed by atoms with Gasteiger partial charge in [-0.25, -0.2) is 0 Å². The van der Waals surface area contributed by atoms with Gasteiger partial charge in [-0.15, -0.1) is 0 Å². The molecule has 1 aliphatic heterocycles. The number of nitrogens with zero attached hydrogens (tertiary/aromatic N) is 1. The molecule has 0 bridgehead atoms. The Bertz CT molecular complexity index is 1060. The van der Waals surface area contributed by atoms with Gasteiger partial charge in [-0.05, 0) is 30.3 Å². The molecule has 3 rings (SSSR count). The van der Waals surface area contributed by atoms with Crippen LogP contribution in [-0.2, 0) is 17.5 Å². The number of halogens is 3. The molecule has 0 saturated heterocycles. The molecule has 0 saturated carbocycles. The van der Waals surface area contributed by atoms with E-state index in [1.54, 1.807) is 0 Å². The lowest BCUT2D eigenvalue weighted by atomic mass is 10.1. The molecule has 11 heteroatoms. The summed E-state index contributed by atoms with van der Waals surface area (Å²) >= 11 is 0. The fraction of sp³-hybridized carbons (Fsp3) is 0.176. The number of ketones is 1. The molecule has 28 heavy (non-hydrogen) atoms. The number of nitrogens with two attached hydrogens (primary N) is 1. The first-order valence-electron chi connectivity index (χ1n) is 7.78. The average molecular weight is 395 g/mol. The number of primary amides is 1. The summed E-state index contributed by atoms with van der Waals surface area (Å²) < 4.78 is 45.0. The first-order chi connectivity index (χ1) is 13.1. The smallest absolute Gasteiger partial charge is 0.431 e. The fourth-order valence-corrected chi connectivity index (χ4v) is 2.66. The van der Waals surface area contributed by atoms with Gasteiger partial charge in [0.1, 0.15) is 17.0 Å². The molecule has 0 atom stereocenters. The van der Waals surface area contributed by atoms with Crippen LogP contribution in [0.4, 0.5) is 18.9 Å². The van der Waals surface area contributed by atoms with Crippen molar-refractivity contribution in [1.82, 2.24) is 4.57 Å². The Morgan fingerprint density at radius 2 is 1.89 bits per heavy atom. The molecule has 0 radical (unpaired) electrons. The Hall–Kier alpha value is -3.63. The third kappa shape index (κ3) is 3.59. The maximum absolute atomic E-state index is 13.2. The number of amides is 2. The molecule has 0 aliphatic carbocycles. The monoisotopic (exact) mass is 395 g/mol. The minimum atomic E-state index is -4.94. The van der Waals surface area contributed by atoms with Gasteiger partial charge in [-0.1, -0.05) is 0 Å². The lowest BCUT2D eigenvalue weighted by Gasteiger charge is -2.19. The average Bonchev–Trinajstić information content (AvgIpc) is 2.61. The van der Waals surface area contributed by atoms with Gasteiger partial charge in [0, 0.05) is 5.56 Å². The zero-order chi connectivity index (χ0) is 20.6. The summed E-state index contributed by atoms with van der Waals surface area (Å²) in [7, 11) is 0. The number of pyridine rings is 1. The van der Waals surface area contributed by atoms with E-state index in [-0.39, 0.29) is 22.4 Å². The molecule has 1 aromatic carbocycles. The maximum Gasteiger partial charge on any atom is 0.431 e. The van der Waals surface area contributed by atoms with Crippen LogP contribution < -0.4 is 21.3 Å². The van der Waals surface area contributed by atoms with Crippen LogP contribution in [0.2, 0.25) is 0 Å². The first kappa shape index (κ1) is 19.1. The highest BCUT2D eigenvalue weighted by molar-refractivity contribution is 6.00. The molecule has 0 unspecified atom stereocenters. The largest absolute Gasteiger partial charge is 0.482 e. The van der Waals surface area contributed by atoms with Gasteiger partial charge in [0.05, 0.1) is 12.2 Å². The number of carbonyl (C=O) groups is 3. The molecule has 1 aromatic heterocycles. The Kier molecular flexibility index (Phi) is 4.67. The topological polar surface area (TPSA) is 120 Å². The van der Waals surface area contributed by atoms with E-state index in [2.05, 4.69) is 5.32 Å². The molecule has 2 aromatic rings. The molecule has 0 spiro atoms. The summed E-state index contributed by atoms with van der Waals surface area (Å²) in [5, 5.41) is 2.46. The highest BCUT2D eigenvalue weighted by Crippen LogP contribution is 2.30. The van der Waals surface area contributed by atoms with E-state index >= 15 is 0 Å². The maximum atomic E-state index is 13.2. The number of Topliss-reactive ketones (excluding diaryl/α,β-unsaturated/α-hetero) is 1. The minimum Gasteiger partial charge on any atom is -0.482 e. The number of aromatic nitrogens is 1. The Balaban J connectivity index is 2.01. The predicted octanol–water partition coefficient (Wildman–Crippen LogP) is 1.18. The molecule has 1 aliphatic rings. The van der Waals surface area contributed by atoms with Crippen LogP contribution in [-0.4, -0.2) is 28.8 Å². The summed E-state index contributed by atoms with van der Waals surface area (Å²) in [5.74, 6) is -2.23. The van der Waals surface area contributed by atoms with Crippen molar-refractivity contribution < 1.29 is 32.3 Å². The second-order valence-electron chi connectivity index (χ2n) is 5.86. The number of nitrogens with one attached hydrogen (secondary N) is 1. The van der Waals surface area contributed by atoms with E-state index in [0.717, 1.165) is 0 Å². The Morgan fingerprint density at radius 3 is 2.54 bits per heavy atom. The highest BCUT2D eigenvalue weighted by Gasteiger charge is 2.35. The second kappa shape index (κ2) is 6.83. The van der Waals surface area contributed by atoms with Crippen LogP contribution in [0.3, 0.4) is 0 Å². The standard InChI is InChI=1S/C17H12F3N3O5/c18-17(19,20)13-4-2-9(15(21)26)16(27)23(13)6-11(24)8-1-3-12-10(5-8)22-14(25)7-28-12/h1-5H,6-7H2,(H2,21,26)(H,22,25). The van der Waals surface area contributed by atoms with Crippen molar-refractivity contribution in [1.29, 1.82) is 0 Å². The summed E-state index contributed by atoms with van der Waals surface area (Å²) in [5.41, 5.74) is 1.72. The molecule has 0 fully saturated rings. The van der Waals surface area contributed by atoms with Crippen molar-refractivity contribution in [3.05, 3.63) is 57.5 Å². The van der Waals surface area contributed by atoms with Crippen LogP contribution in [0.15, 0.2) is 35.1 Å². The van der Waals surface area contributed by atoms with Crippen LogP contribution in [0.5, 0.6) is 5.75 Å². The number of carbonyl (C=O) groups excluding carboxylic acids is 3. The summed E-state index contributed by atoms with van der Waals surface area (Å²) in [6.07, 6.45) is -4.94. The zero-order valence-electron chi connectivity index (χ0n) is 14.0. The summed E-state index contributed by atoms with van der Waals surface area (Å²) in [4.78, 5) is 47.4. The molecule has 146 valence electrons. The predicted molar refractivity (Wildman–Crippen MR) is 89.1 cm³/mol. The lowest BCUT2D eigenvalue weighted by molar-refractivity contribution is -0.144. The van der Waals surface area contributed by atoms with Gasteiger partial charge in [0.25, 0.3) is 17.4 Å². The number of ether oxygens (including phenoxy) is 1. The van der Waals surface area contributed by atoms with Gasteiger partial charge in [-0.3, -0.25) is 23.7 Å². The Labute approximate surface area is 154 Å². The molecule has 8 nitrogen and oxygen atoms in total. The molecule has 3 N–H and O–H groups in total. The van der Waals surface area contributed by atoms with E-state index in [1.165, 1.54) is 18.2 Å². The van der Waals surface area contributed by atoms with E-state index in [4.69, 9.17) is 10.5 Å². The molecule has 2 amide bonds. The quantitative estimate of drug-likeness (QED) is 0.754. The first-order valence-corrected chi connectivity index (χ1v) is 7.78. The van der Waals surface area contributed by atoms with Crippen molar-refractivity contribution in [2.24, 2.45) is 5.73 Å². The van der Waals surface area contributed by atoms with Gasteiger partial charge in [-0.2, -0.15) is 13.2 Å². The zero-order valence-corrected chi connectivity index (χ0v) is 14.0. The lowest BCUT2D eigenvalue weighted by Crippen LogP contribution is -2.35. The summed E-state index contributed by atoms with van der Waals surface area (Å²) in [6.45, 7) is -1.19. The normalized spacial score (nSPS) is 13.3. The molecular weight excluding hydrogens is 383 g/mol. The molecular formula is C17H12F3N3O5. The number of benzene rings is 1. The van der Waals surface area contributed by atoms with Crippen LogP contribution in [0, 0.1) is 0 Å². The van der Waals surface area contributed by atoms with Gasteiger partial charge < -0.3 is 15.8 Å². The van der Waals surface area contributed by atoms with Crippen molar-refractivity contribution in [2.45, 2.75) is 12.7 Å². The van der Waals surface area contributed by atoms with Crippen LogP contribution in [0.25, 0.3) is 0 Å². The number of fused-ring (bicyclic) bond motifs is 1. The number of alkyl halides is 3. The van der Waals surface area contributed by atoms with E-state index in [0.29, 0.717) is 17.9 Å². The Morgan fingerprint density at radius 1 is 1.18 bits per heavy atom. The van der Waals surface area contributed by atoms with Crippen LogP contribution in [0.1, 0.15) is 26.4 Å². The third-order valence-corrected chi connectivity index (χ3v) is 3.97. The number of rotatable bonds is 4. The van der Waals surface area contributed by atoms with E-state index in [1.807, 2.05) is 0 Å². The van der Waals surface area contributed by atoms with Crippen molar-refractivity contribution in [3.63, 3.8) is 0 Å². The summed E-state index contributed by atoms with van der Waals surface area (Å²) in [6, 6.07) is 5.06. The number of hydrogen-bond acceptors (Lipinski definition) is 5. The van der Waals surface area contributed by atoms with Gasteiger partial charge >= 0.3 is 6.18 Å². The van der Waals surface area contributed by atoms with Gasteiger partial charge in [0.2, 0.25) is 0 Å². The van der Waals surface area contributed by atoms with Crippen molar-refractivity contribution in [3.8, 4) is 5.75 Å². The second-order valence-corrected chi connectivity index (χ2v) is 5.86. The highest BCUT2D eigenvalue weighted by atomic mass is 19.4. The van der Waals surface area contributed by atoms with Crippen LogP contribution >= 0.6 is 0 Å².